The molecule has 0 bridgehead atoms. The molecule has 0 unspecified atom stereocenters. The zero-order valence-corrected chi connectivity index (χ0v) is 18.6. The van der Waals surface area contributed by atoms with Gasteiger partial charge in [-0.25, -0.2) is 0 Å². The Balaban J connectivity index is 1.91. The Hall–Kier alpha value is -2.64. The molecule has 7 heteroatoms. The van der Waals surface area contributed by atoms with Crippen LogP contribution in [0.15, 0.2) is 48.5 Å². The van der Waals surface area contributed by atoms with Crippen LogP contribution in [0.2, 0.25) is 0 Å². The number of hydrogen-bond acceptors (Lipinski definition) is 5. The highest BCUT2D eigenvalue weighted by Crippen LogP contribution is 2.19. The maximum Gasteiger partial charge on any atom is 0.261 e. The maximum absolute atomic E-state index is 12.7. The molecule has 0 fully saturated rings. The van der Waals surface area contributed by atoms with Crippen molar-refractivity contribution in [2.45, 2.75) is 27.2 Å². The van der Waals surface area contributed by atoms with Gasteiger partial charge < -0.3 is 19.5 Å². The Morgan fingerprint density at radius 1 is 1.03 bits per heavy atom. The second kappa shape index (κ2) is 12.8. The molecule has 0 aromatic heterocycles. The van der Waals surface area contributed by atoms with Crippen molar-refractivity contribution in [3.05, 3.63) is 54.1 Å². The van der Waals surface area contributed by atoms with Crippen molar-refractivity contribution < 1.29 is 19.0 Å². The Kier molecular flexibility index (Phi) is 10.1. The maximum atomic E-state index is 12.7. The van der Waals surface area contributed by atoms with Gasteiger partial charge in [-0.15, -0.1) is 0 Å². The fourth-order valence-corrected chi connectivity index (χ4v) is 2.75. The summed E-state index contributed by atoms with van der Waals surface area (Å²) >= 11 is 5.30. The number of ether oxygens (including phenoxy) is 3. The summed E-state index contributed by atoms with van der Waals surface area (Å²) in [4.78, 5) is 12.7. The smallest absolute Gasteiger partial charge is 0.261 e. The van der Waals surface area contributed by atoms with Crippen molar-refractivity contribution in [1.29, 1.82) is 0 Å². The molecule has 0 spiro atoms. The third kappa shape index (κ3) is 8.39. The zero-order valence-electron chi connectivity index (χ0n) is 17.8. The highest BCUT2D eigenvalue weighted by Gasteiger charge is 2.14. The number of anilines is 1. The van der Waals surface area contributed by atoms with Crippen molar-refractivity contribution in [2.75, 3.05) is 31.7 Å². The van der Waals surface area contributed by atoms with Gasteiger partial charge in [0.1, 0.15) is 18.1 Å². The Morgan fingerprint density at radius 2 is 1.83 bits per heavy atom. The van der Waals surface area contributed by atoms with Crippen molar-refractivity contribution in [3.63, 3.8) is 0 Å². The van der Waals surface area contributed by atoms with Gasteiger partial charge >= 0.3 is 0 Å². The number of amides is 1. The van der Waals surface area contributed by atoms with Gasteiger partial charge in [0.05, 0.1) is 18.8 Å². The molecule has 0 saturated heterocycles. The van der Waals surface area contributed by atoms with Gasteiger partial charge in [0.15, 0.2) is 5.11 Å². The average Bonchev–Trinajstić information content (AvgIpc) is 2.71. The fraction of sp³-hybridized carbons (Fsp3) is 0.391. The number of rotatable bonds is 11. The SMILES string of the molecule is CCOCCOc1ccccc1C(=O)NC(=S)Nc1cccc(OCCC(C)C)c1. The summed E-state index contributed by atoms with van der Waals surface area (Å²) in [6.07, 6.45) is 0.984. The van der Waals surface area contributed by atoms with Gasteiger partial charge in [-0.1, -0.05) is 32.0 Å². The molecule has 162 valence electrons. The summed E-state index contributed by atoms with van der Waals surface area (Å²) < 4.78 is 16.7. The molecule has 2 aromatic carbocycles. The van der Waals surface area contributed by atoms with Gasteiger partial charge in [-0.2, -0.15) is 0 Å². The van der Waals surface area contributed by atoms with E-state index in [0.29, 0.717) is 43.7 Å². The number of nitrogens with one attached hydrogen (secondary N) is 2. The summed E-state index contributed by atoms with van der Waals surface area (Å²) in [6.45, 7) is 8.34. The van der Waals surface area contributed by atoms with E-state index in [1.54, 1.807) is 18.2 Å². The third-order valence-corrected chi connectivity index (χ3v) is 4.31. The minimum atomic E-state index is -0.344. The monoisotopic (exact) mass is 430 g/mol. The van der Waals surface area contributed by atoms with Crippen LogP contribution in [0.1, 0.15) is 37.6 Å². The lowest BCUT2D eigenvalue weighted by molar-refractivity contribution is 0.0958. The van der Waals surface area contributed by atoms with Gasteiger partial charge in [-0.3, -0.25) is 10.1 Å². The van der Waals surface area contributed by atoms with Crippen LogP contribution >= 0.6 is 12.2 Å². The first kappa shape index (κ1) is 23.6. The van der Waals surface area contributed by atoms with E-state index in [4.69, 9.17) is 26.4 Å². The molecule has 0 heterocycles. The lowest BCUT2D eigenvalue weighted by Crippen LogP contribution is -2.34. The summed E-state index contributed by atoms with van der Waals surface area (Å²) in [5.41, 5.74) is 1.15. The van der Waals surface area contributed by atoms with Crippen molar-refractivity contribution in [2.24, 2.45) is 5.92 Å². The van der Waals surface area contributed by atoms with Crippen molar-refractivity contribution in [1.82, 2.24) is 5.32 Å². The standard InChI is InChI=1S/C23H30N2O4S/c1-4-27-14-15-29-21-11-6-5-10-20(21)22(26)25-23(30)24-18-8-7-9-19(16-18)28-13-12-17(2)3/h5-11,16-17H,4,12-15H2,1-3H3,(H2,24,25,26,30). The van der Waals surface area contributed by atoms with Crippen molar-refractivity contribution in [3.8, 4) is 11.5 Å². The van der Waals surface area contributed by atoms with E-state index in [1.165, 1.54) is 0 Å². The first-order valence-electron chi connectivity index (χ1n) is 10.1. The van der Waals surface area contributed by atoms with Gasteiger partial charge in [0, 0.05) is 18.4 Å². The lowest BCUT2D eigenvalue weighted by Gasteiger charge is -2.14. The average molecular weight is 431 g/mol. The van der Waals surface area contributed by atoms with Crippen LogP contribution in [0.25, 0.3) is 0 Å². The molecule has 0 radical (unpaired) electrons. The highest BCUT2D eigenvalue weighted by molar-refractivity contribution is 7.80. The highest BCUT2D eigenvalue weighted by atomic mass is 32.1. The summed E-state index contributed by atoms with van der Waals surface area (Å²) in [7, 11) is 0. The lowest BCUT2D eigenvalue weighted by atomic mass is 10.1. The molecule has 2 N–H and O–H groups in total. The topological polar surface area (TPSA) is 68.8 Å². The number of carbonyl (C=O) groups is 1. The first-order valence-corrected chi connectivity index (χ1v) is 10.5. The van der Waals surface area contributed by atoms with Crippen LogP contribution in [0.5, 0.6) is 11.5 Å². The minimum Gasteiger partial charge on any atom is -0.494 e. The van der Waals surface area contributed by atoms with Crippen LogP contribution in [0, 0.1) is 5.92 Å². The molecule has 0 aliphatic rings. The number of para-hydroxylation sites is 1. The van der Waals surface area contributed by atoms with E-state index in [2.05, 4.69) is 24.5 Å². The summed E-state index contributed by atoms with van der Waals surface area (Å²) in [5.74, 6) is 1.48. The van der Waals surface area contributed by atoms with Gasteiger partial charge in [0.2, 0.25) is 0 Å². The molecule has 6 nitrogen and oxygen atoms in total. The summed E-state index contributed by atoms with van der Waals surface area (Å²) in [5, 5.41) is 5.91. The van der Waals surface area contributed by atoms with Crippen LogP contribution in [-0.2, 0) is 4.74 Å². The molecule has 0 aliphatic heterocycles. The molecule has 30 heavy (non-hydrogen) atoms. The zero-order chi connectivity index (χ0) is 21.8. The molecule has 0 atom stereocenters. The van der Waals surface area contributed by atoms with E-state index in [-0.39, 0.29) is 11.0 Å². The molecular weight excluding hydrogens is 400 g/mol. The van der Waals surface area contributed by atoms with E-state index in [1.807, 2.05) is 37.3 Å². The predicted molar refractivity (Wildman–Crippen MR) is 124 cm³/mol. The van der Waals surface area contributed by atoms with Gasteiger partial charge in [0.25, 0.3) is 5.91 Å². The number of benzene rings is 2. The summed E-state index contributed by atoms with van der Waals surface area (Å²) in [6, 6.07) is 14.5. The molecule has 2 aromatic rings. The van der Waals surface area contributed by atoms with E-state index in [0.717, 1.165) is 17.9 Å². The predicted octanol–water partition coefficient (Wildman–Crippen LogP) is 4.65. The Morgan fingerprint density at radius 3 is 2.60 bits per heavy atom. The van der Waals surface area contributed by atoms with Crippen LogP contribution in [-0.4, -0.2) is 37.4 Å². The quantitative estimate of drug-likeness (QED) is 0.399. The Bertz CT molecular complexity index is 826. The third-order valence-electron chi connectivity index (χ3n) is 4.10. The fourth-order valence-electron chi connectivity index (χ4n) is 2.54. The minimum absolute atomic E-state index is 0.198. The number of hydrogen-bond donors (Lipinski definition) is 2. The Labute approximate surface area is 183 Å². The molecule has 0 aliphatic carbocycles. The first-order chi connectivity index (χ1) is 14.5. The number of thiocarbonyl (C=S) groups is 1. The molecular formula is C23H30N2O4S. The number of carbonyl (C=O) groups excluding carboxylic acids is 1. The van der Waals surface area contributed by atoms with E-state index < -0.39 is 0 Å². The van der Waals surface area contributed by atoms with Crippen LogP contribution in [0.4, 0.5) is 5.69 Å². The second-order valence-electron chi connectivity index (χ2n) is 7.01. The van der Waals surface area contributed by atoms with E-state index >= 15 is 0 Å². The van der Waals surface area contributed by atoms with Gasteiger partial charge in [-0.05, 0) is 55.7 Å². The van der Waals surface area contributed by atoms with Crippen LogP contribution in [0.3, 0.4) is 0 Å². The van der Waals surface area contributed by atoms with Crippen LogP contribution < -0.4 is 20.1 Å². The largest absolute Gasteiger partial charge is 0.494 e. The van der Waals surface area contributed by atoms with E-state index in [9.17, 15) is 4.79 Å². The normalized spacial score (nSPS) is 10.5. The second-order valence-corrected chi connectivity index (χ2v) is 7.42. The van der Waals surface area contributed by atoms with Crippen molar-refractivity contribution >= 4 is 28.9 Å². The molecule has 2 rings (SSSR count). The molecule has 0 saturated carbocycles. The molecule has 1 amide bonds.